The highest BCUT2D eigenvalue weighted by atomic mass is 79.9. The number of benzene rings is 2. The molecule has 2 aromatic rings. The summed E-state index contributed by atoms with van der Waals surface area (Å²) in [6.07, 6.45) is 2.06. The Morgan fingerprint density at radius 1 is 1.04 bits per heavy atom. The number of hydrogen-bond donors (Lipinski definition) is 1. The van der Waals surface area contributed by atoms with E-state index in [1.165, 1.54) is 0 Å². The van der Waals surface area contributed by atoms with Gasteiger partial charge in [0.15, 0.2) is 5.17 Å². The number of halogens is 2. The normalized spacial score (nSPS) is 15.3. The molecule has 25 heavy (non-hydrogen) atoms. The van der Waals surface area contributed by atoms with Crippen molar-refractivity contribution in [3.63, 3.8) is 0 Å². The summed E-state index contributed by atoms with van der Waals surface area (Å²) in [5, 5.41) is 8.19. The largest absolute Gasteiger partial charge is 1.00 e. The molecule has 7 heteroatoms. The molecule has 2 heterocycles. The molecule has 0 fully saturated rings. The molecule has 2 aliphatic rings. The second kappa shape index (κ2) is 7.56. The fourth-order valence-electron chi connectivity index (χ4n) is 2.53. The number of amidine groups is 1. The highest BCUT2D eigenvalue weighted by molar-refractivity contribution is 8.16. The standard InChI is InChI=1S/C18H14ClN3OS.BrH/c1-23-15-8-4-12(5-9-15)16-10-22-17(11-24-18(22)21-20-16)13-2-6-14(19)7-3-13;/h2-11,20H,1H3;1H/p-1. The van der Waals surface area contributed by atoms with E-state index < -0.39 is 0 Å². The Morgan fingerprint density at radius 2 is 1.72 bits per heavy atom. The third-order valence-corrected chi connectivity index (χ3v) is 4.90. The fraction of sp³-hybridized carbons (Fsp3) is 0.0556. The Hall–Kier alpha value is -1.89. The van der Waals surface area contributed by atoms with E-state index in [2.05, 4.69) is 27.0 Å². The monoisotopic (exact) mass is 434 g/mol. The van der Waals surface area contributed by atoms with Crippen LogP contribution in [-0.4, -0.2) is 17.2 Å². The van der Waals surface area contributed by atoms with Crippen molar-refractivity contribution in [2.45, 2.75) is 0 Å². The zero-order valence-corrected chi connectivity index (χ0v) is 16.4. The van der Waals surface area contributed by atoms with Crippen LogP contribution in [0.4, 0.5) is 0 Å². The minimum atomic E-state index is 0. The van der Waals surface area contributed by atoms with Crippen LogP contribution in [0.25, 0.3) is 11.4 Å². The van der Waals surface area contributed by atoms with Crippen molar-refractivity contribution >= 4 is 39.9 Å². The molecule has 0 aliphatic carbocycles. The van der Waals surface area contributed by atoms with Crippen molar-refractivity contribution in [3.05, 3.63) is 76.3 Å². The summed E-state index contributed by atoms with van der Waals surface area (Å²) in [5.74, 6) is 0.831. The number of nitrogens with zero attached hydrogens (tertiary/aromatic N) is 2. The number of nitrogens with one attached hydrogen (secondary N) is 1. The van der Waals surface area contributed by atoms with Gasteiger partial charge in [0.25, 0.3) is 0 Å². The van der Waals surface area contributed by atoms with E-state index in [-0.39, 0.29) is 17.0 Å². The van der Waals surface area contributed by atoms with Crippen molar-refractivity contribution in [3.8, 4) is 5.75 Å². The quantitative estimate of drug-likeness (QED) is 0.794. The molecular weight excluding hydrogens is 422 g/mol. The Labute approximate surface area is 166 Å². The number of hydrazone groups is 1. The van der Waals surface area contributed by atoms with Crippen LogP contribution in [0.2, 0.25) is 5.02 Å². The predicted molar refractivity (Wildman–Crippen MR) is 100 cm³/mol. The molecule has 0 aromatic heterocycles. The van der Waals surface area contributed by atoms with Gasteiger partial charge in [0.1, 0.15) is 5.75 Å². The first-order valence-corrected chi connectivity index (χ1v) is 8.62. The van der Waals surface area contributed by atoms with Crippen LogP contribution in [0.3, 0.4) is 0 Å². The van der Waals surface area contributed by atoms with E-state index in [4.69, 9.17) is 16.3 Å². The maximum Gasteiger partial charge on any atom is 0.196 e. The lowest BCUT2D eigenvalue weighted by molar-refractivity contribution is -0.00000488. The third kappa shape index (κ3) is 3.56. The van der Waals surface area contributed by atoms with Gasteiger partial charge in [-0.25, -0.2) is 0 Å². The summed E-state index contributed by atoms with van der Waals surface area (Å²) >= 11 is 7.58. The maximum atomic E-state index is 5.99. The van der Waals surface area contributed by atoms with Gasteiger partial charge in [-0.2, -0.15) is 0 Å². The summed E-state index contributed by atoms with van der Waals surface area (Å²) < 4.78 is 5.21. The Kier molecular flexibility index (Phi) is 5.42. The molecule has 0 amide bonds. The van der Waals surface area contributed by atoms with Crippen molar-refractivity contribution in [1.29, 1.82) is 0 Å². The molecule has 0 radical (unpaired) electrons. The van der Waals surface area contributed by atoms with Crippen LogP contribution >= 0.6 is 23.4 Å². The van der Waals surface area contributed by atoms with E-state index in [9.17, 15) is 0 Å². The smallest absolute Gasteiger partial charge is 0.196 e. The molecule has 0 unspecified atom stereocenters. The van der Waals surface area contributed by atoms with Crippen LogP contribution in [0, 0.1) is 0 Å². The van der Waals surface area contributed by atoms with E-state index in [1.807, 2.05) is 48.5 Å². The zero-order chi connectivity index (χ0) is 16.5. The van der Waals surface area contributed by atoms with Crippen molar-refractivity contribution < 1.29 is 21.7 Å². The van der Waals surface area contributed by atoms with Gasteiger partial charge in [0, 0.05) is 22.2 Å². The topological polar surface area (TPSA) is 36.9 Å². The molecule has 2 aromatic carbocycles. The molecule has 0 atom stereocenters. The van der Waals surface area contributed by atoms with Crippen LogP contribution < -0.4 is 27.1 Å². The SMILES string of the molecule is COc1ccc(C2=CN3C(c4ccc(Cl)cc4)=CSC3=NN2)cc1.[Br-]. The maximum absolute atomic E-state index is 5.99. The minimum absolute atomic E-state index is 0. The van der Waals surface area contributed by atoms with E-state index >= 15 is 0 Å². The first-order valence-electron chi connectivity index (χ1n) is 7.36. The van der Waals surface area contributed by atoms with Crippen molar-refractivity contribution in [2.24, 2.45) is 5.10 Å². The second-order valence-electron chi connectivity index (χ2n) is 5.28. The lowest BCUT2D eigenvalue weighted by Gasteiger charge is -2.24. The number of methoxy groups -OCH3 is 1. The molecule has 4 nitrogen and oxygen atoms in total. The van der Waals surface area contributed by atoms with Gasteiger partial charge in [-0.05, 0) is 42.0 Å². The number of fused-ring (bicyclic) bond motifs is 1. The summed E-state index contributed by atoms with van der Waals surface area (Å²) in [4.78, 5) is 2.09. The molecular formula is C18H14BrClN3OS-. The van der Waals surface area contributed by atoms with Gasteiger partial charge in [0.05, 0.1) is 18.5 Å². The molecule has 4 rings (SSSR count). The van der Waals surface area contributed by atoms with Gasteiger partial charge in [0.2, 0.25) is 0 Å². The van der Waals surface area contributed by atoms with Gasteiger partial charge in [-0.3, -0.25) is 10.3 Å². The Balaban J connectivity index is 0.00000182. The summed E-state index contributed by atoms with van der Waals surface area (Å²) in [6.45, 7) is 0. The zero-order valence-electron chi connectivity index (χ0n) is 13.2. The Morgan fingerprint density at radius 3 is 2.40 bits per heavy atom. The fourth-order valence-corrected chi connectivity index (χ4v) is 3.49. The molecule has 2 aliphatic heterocycles. The number of ether oxygens (including phenoxy) is 1. The lowest BCUT2D eigenvalue weighted by atomic mass is 10.1. The van der Waals surface area contributed by atoms with E-state index in [0.29, 0.717) is 0 Å². The first-order chi connectivity index (χ1) is 11.7. The van der Waals surface area contributed by atoms with Crippen LogP contribution in [0.1, 0.15) is 11.1 Å². The highest BCUT2D eigenvalue weighted by Crippen LogP contribution is 2.36. The second-order valence-corrected chi connectivity index (χ2v) is 6.55. The van der Waals surface area contributed by atoms with E-state index in [1.54, 1.807) is 18.9 Å². The van der Waals surface area contributed by atoms with Crippen LogP contribution in [-0.2, 0) is 0 Å². The molecule has 0 spiro atoms. The number of hydrogen-bond acceptors (Lipinski definition) is 5. The van der Waals surface area contributed by atoms with Gasteiger partial charge >= 0.3 is 0 Å². The van der Waals surface area contributed by atoms with Gasteiger partial charge in [-0.1, -0.05) is 35.5 Å². The summed E-state index contributed by atoms with van der Waals surface area (Å²) in [7, 11) is 1.66. The number of rotatable bonds is 3. The third-order valence-electron chi connectivity index (χ3n) is 3.81. The van der Waals surface area contributed by atoms with Crippen LogP contribution in [0.5, 0.6) is 5.75 Å². The predicted octanol–water partition coefficient (Wildman–Crippen LogP) is 1.57. The average molecular weight is 436 g/mol. The molecule has 0 bridgehead atoms. The summed E-state index contributed by atoms with van der Waals surface area (Å²) in [5.41, 5.74) is 7.29. The first kappa shape index (κ1) is 17.9. The van der Waals surface area contributed by atoms with Crippen LogP contribution in [0.15, 0.2) is 65.2 Å². The molecule has 1 N–H and O–H groups in total. The van der Waals surface area contributed by atoms with Gasteiger partial charge in [-0.15, -0.1) is 5.10 Å². The van der Waals surface area contributed by atoms with Gasteiger partial charge < -0.3 is 21.7 Å². The molecule has 0 saturated heterocycles. The molecule has 128 valence electrons. The van der Waals surface area contributed by atoms with Crippen molar-refractivity contribution in [2.75, 3.05) is 7.11 Å². The molecule has 0 saturated carbocycles. The van der Waals surface area contributed by atoms with E-state index in [0.717, 1.165) is 38.5 Å². The number of thioether (sulfide) groups is 1. The lowest BCUT2D eigenvalue weighted by Crippen LogP contribution is -3.00. The minimum Gasteiger partial charge on any atom is -1.00 e. The summed E-state index contributed by atoms with van der Waals surface area (Å²) in [6, 6.07) is 15.7. The Bertz CT molecular complexity index is 863. The average Bonchev–Trinajstić information content (AvgIpc) is 3.05. The van der Waals surface area contributed by atoms with Crippen molar-refractivity contribution in [1.82, 2.24) is 10.3 Å². The highest BCUT2D eigenvalue weighted by Gasteiger charge is 2.26.